The first-order valence-corrected chi connectivity index (χ1v) is 9.78. The minimum Gasteiger partial charge on any atom is -0.389 e. The maximum Gasteiger partial charge on any atom is 0.315 e. The van der Waals surface area contributed by atoms with Gasteiger partial charge in [-0.2, -0.15) is 0 Å². The zero-order valence-electron chi connectivity index (χ0n) is 14.1. The largest absolute Gasteiger partial charge is 0.389 e. The molecule has 136 valence electrons. The summed E-state index contributed by atoms with van der Waals surface area (Å²) in [5, 5.41) is 15.1. The molecule has 0 radical (unpaired) electrons. The second-order valence-corrected chi connectivity index (χ2v) is 8.36. The molecule has 2 amide bonds. The number of aliphatic hydroxyl groups is 1. The number of carbonyl (C=O) groups is 1. The molecule has 0 bridgehead atoms. The minimum atomic E-state index is -3.16. The van der Waals surface area contributed by atoms with Crippen LogP contribution in [0.4, 0.5) is 4.79 Å². The molecule has 1 rings (SSSR count). The number of nitrogens with zero attached hydrogens (tertiary/aromatic N) is 1. The molecule has 0 saturated carbocycles. The van der Waals surface area contributed by atoms with Crippen molar-refractivity contribution in [3.63, 3.8) is 0 Å². The van der Waals surface area contributed by atoms with Crippen LogP contribution in [0.25, 0.3) is 0 Å². The highest BCUT2D eigenvalue weighted by atomic mass is 32.2. The number of sulfonamides is 1. The van der Waals surface area contributed by atoms with Crippen LogP contribution in [-0.2, 0) is 14.8 Å². The average Bonchev–Trinajstić information content (AvgIpc) is 2.44. The van der Waals surface area contributed by atoms with Crippen LogP contribution in [0.1, 0.15) is 26.7 Å². The summed E-state index contributed by atoms with van der Waals surface area (Å²) < 4.78 is 29.5. The van der Waals surface area contributed by atoms with Crippen LogP contribution in [0.5, 0.6) is 0 Å². The first-order chi connectivity index (χ1) is 10.7. The second kappa shape index (κ2) is 9.41. The molecule has 3 N–H and O–H groups in total. The van der Waals surface area contributed by atoms with Gasteiger partial charge in [-0.3, -0.25) is 0 Å². The number of hydrogen-bond acceptors (Lipinski definition) is 5. The Labute approximate surface area is 138 Å². The lowest BCUT2D eigenvalue weighted by Crippen LogP contribution is -2.50. The van der Waals surface area contributed by atoms with Gasteiger partial charge in [0.25, 0.3) is 0 Å². The van der Waals surface area contributed by atoms with Crippen LogP contribution in [0.3, 0.4) is 0 Å². The summed E-state index contributed by atoms with van der Waals surface area (Å²) in [4.78, 5) is 11.8. The fourth-order valence-corrected chi connectivity index (χ4v) is 3.15. The highest BCUT2D eigenvalue weighted by Gasteiger charge is 2.25. The SMILES string of the molecule is CC(C)COC[C@@H](O)CNC(=O)NC1CCN(S(C)(=O)=O)CC1. The molecule has 1 aliphatic rings. The normalized spacial score (nSPS) is 18.8. The Morgan fingerprint density at radius 2 is 1.91 bits per heavy atom. The summed E-state index contributed by atoms with van der Waals surface area (Å²) in [5.74, 6) is 0.399. The number of nitrogens with one attached hydrogen (secondary N) is 2. The molecule has 1 aliphatic heterocycles. The van der Waals surface area contributed by atoms with Gasteiger partial charge in [0, 0.05) is 32.3 Å². The summed E-state index contributed by atoms with van der Waals surface area (Å²) in [5.41, 5.74) is 0. The van der Waals surface area contributed by atoms with Crippen LogP contribution in [-0.4, -0.2) is 75.1 Å². The molecular formula is C14H29N3O5S. The van der Waals surface area contributed by atoms with E-state index < -0.39 is 16.1 Å². The van der Waals surface area contributed by atoms with Crippen molar-refractivity contribution in [3.8, 4) is 0 Å². The van der Waals surface area contributed by atoms with Gasteiger partial charge in [-0.15, -0.1) is 0 Å². The first kappa shape index (κ1) is 20.1. The molecule has 0 aromatic carbocycles. The molecule has 9 heteroatoms. The molecule has 0 aromatic heterocycles. The summed E-state index contributed by atoms with van der Waals surface area (Å²) in [6, 6.07) is -0.409. The van der Waals surface area contributed by atoms with E-state index in [1.54, 1.807) is 0 Å². The van der Waals surface area contributed by atoms with Gasteiger partial charge >= 0.3 is 6.03 Å². The lowest BCUT2D eigenvalue weighted by molar-refractivity contribution is 0.0272. The van der Waals surface area contributed by atoms with Gasteiger partial charge in [0.1, 0.15) is 0 Å². The number of urea groups is 1. The molecule has 0 aliphatic carbocycles. The zero-order chi connectivity index (χ0) is 17.5. The van der Waals surface area contributed by atoms with Crippen molar-refractivity contribution in [1.82, 2.24) is 14.9 Å². The zero-order valence-corrected chi connectivity index (χ0v) is 14.9. The number of aliphatic hydroxyl groups excluding tert-OH is 1. The van der Waals surface area contributed by atoms with Crippen LogP contribution in [0, 0.1) is 5.92 Å². The molecule has 0 aromatic rings. The summed E-state index contributed by atoms with van der Waals surface area (Å²) >= 11 is 0. The van der Waals surface area contributed by atoms with E-state index in [0.717, 1.165) is 0 Å². The topological polar surface area (TPSA) is 108 Å². The number of ether oxygens (including phenoxy) is 1. The Balaban J connectivity index is 2.17. The van der Waals surface area contributed by atoms with Gasteiger partial charge in [-0.25, -0.2) is 17.5 Å². The van der Waals surface area contributed by atoms with Crippen LogP contribution < -0.4 is 10.6 Å². The van der Waals surface area contributed by atoms with Crippen molar-refractivity contribution >= 4 is 16.1 Å². The van der Waals surface area contributed by atoms with E-state index in [9.17, 15) is 18.3 Å². The van der Waals surface area contributed by atoms with Gasteiger partial charge in [0.05, 0.1) is 19.0 Å². The Hall–Kier alpha value is -0.900. The minimum absolute atomic E-state index is 0.0534. The number of amides is 2. The number of rotatable bonds is 8. The first-order valence-electron chi connectivity index (χ1n) is 7.93. The maximum absolute atomic E-state index is 11.8. The molecule has 0 unspecified atom stereocenters. The van der Waals surface area contributed by atoms with Gasteiger partial charge in [0.2, 0.25) is 10.0 Å². The van der Waals surface area contributed by atoms with Gasteiger partial charge in [-0.1, -0.05) is 13.8 Å². The molecule has 1 heterocycles. The molecule has 1 saturated heterocycles. The predicted octanol–water partition coefficient (Wildman–Crippen LogP) is -0.257. The standard InChI is InChI=1S/C14H29N3O5S/c1-11(2)9-22-10-13(18)8-15-14(19)16-12-4-6-17(7-5-12)23(3,20)21/h11-13,18H,4-10H2,1-3H3,(H2,15,16,19)/t13-/m0/s1. The molecular weight excluding hydrogens is 322 g/mol. The second-order valence-electron chi connectivity index (χ2n) is 6.38. The quantitative estimate of drug-likeness (QED) is 0.558. The average molecular weight is 351 g/mol. The molecule has 8 nitrogen and oxygen atoms in total. The third-order valence-electron chi connectivity index (χ3n) is 3.52. The van der Waals surface area contributed by atoms with E-state index in [4.69, 9.17) is 4.74 Å². The maximum atomic E-state index is 11.8. The smallest absolute Gasteiger partial charge is 0.315 e. The van der Waals surface area contributed by atoms with E-state index in [0.29, 0.717) is 38.5 Å². The van der Waals surface area contributed by atoms with Gasteiger partial charge in [-0.05, 0) is 18.8 Å². The van der Waals surface area contributed by atoms with Crippen molar-refractivity contribution in [1.29, 1.82) is 0 Å². The Morgan fingerprint density at radius 1 is 1.30 bits per heavy atom. The highest BCUT2D eigenvalue weighted by molar-refractivity contribution is 7.88. The lowest BCUT2D eigenvalue weighted by atomic mass is 10.1. The number of piperidine rings is 1. The molecule has 1 atom stereocenters. The van der Waals surface area contributed by atoms with E-state index in [2.05, 4.69) is 10.6 Å². The van der Waals surface area contributed by atoms with Crippen molar-refractivity contribution in [2.75, 3.05) is 39.1 Å². The third kappa shape index (κ3) is 8.50. The van der Waals surface area contributed by atoms with E-state index in [1.807, 2.05) is 13.8 Å². The van der Waals surface area contributed by atoms with Crippen molar-refractivity contribution in [2.45, 2.75) is 38.8 Å². The highest BCUT2D eigenvalue weighted by Crippen LogP contribution is 2.12. The van der Waals surface area contributed by atoms with Crippen LogP contribution in [0.2, 0.25) is 0 Å². The molecule has 0 spiro atoms. The van der Waals surface area contributed by atoms with E-state index in [-0.39, 0.29) is 25.2 Å². The monoisotopic (exact) mass is 351 g/mol. The molecule has 1 fully saturated rings. The number of hydrogen-bond donors (Lipinski definition) is 3. The van der Waals surface area contributed by atoms with E-state index >= 15 is 0 Å². The Bertz CT molecular complexity index is 461. The summed E-state index contributed by atoms with van der Waals surface area (Å²) in [6.07, 6.45) is 1.61. The Kier molecular flexibility index (Phi) is 8.24. The van der Waals surface area contributed by atoms with Gasteiger partial charge in [0.15, 0.2) is 0 Å². The van der Waals surface area contributed by atoms with Crippen molar-refractivity contribution in [2.24, 2.45) is 5.92 Å². The molecule has 23 heavy (non-hydrogen) atoms. The van der Waals surface area contributed by atoms with Crippen molar-refractivity contribution in [3.05, 3.63) is 0 Å². The fraction of sp³-hybridized carbons (Fsp3) is 0.929. The van der Waals surface area contributed by atoms with Crippen LogP contribution >= 0.6 is 0 Å². The van der Waals surface area contributed by atoms with Crippen molar-refractivity contribution < 1.29 is 23.1 Å². The van der Waals surface area contributed by atoms with E-state index in [1.165, 1.54) is 10.6 Å². The summed E-state index contributed by atoms with van der Waals surface area (Å²) in [7, 11) is -3.16. The van der Waals surface area contributed by atoms with Gasteiger partial charge < -0.3 is 20.5 Å². The lowest BCUT2D eigenvalue weighted by Gasteiger charge is -2.30. The predicted molar refractivity (Wildman–Crippen MR) is 87.6 cm³/mol. The van der Waals surface area contributed by atoms with Crippen LogP contribution in [0.15, 0.2) is 0 Å². The fourth-order valence-electron chi connectivity index (χ4n) is 2.28. The third-order valence-corrected chi connectivity index (χ3v) is 4.82. The summed E-state index contributed by atoms with van der Waals surface area (Å²) in [6.45, 7) is 5.74. The number of carbonyl (C=O) groups excluding carboxylic acids is 1. The Morgan fingerprint density at radius 3 is 2.43 bits per heavy atom.